The van der Waals surface area contributed by atoms with Crippen molar-refractivity contribution in [1.82, 2.24) is 0 Å². The molecule has 0 heterocycles. The number of hydrogen-bond acceptors (Lipinski definition) is 2. The first kappa shape index (κ1) is 11.4. The third kappa shape index (κ3) is 3.22. The van der Waals surface area contributed by atoms with E-state index >= 15 is 0 Å². The van der Waals surface area contributed by atoms with Crippen molar-refractivity contribution in [1.29, 1.82) is 0 Å². The zero-order valence-electron chi connectivity index (χ0n) is 8.48. The molecule has 0 spiro atoms. The molecule has 0 aromatic rings. The van der Waals surface area contributed by atoms with Gasteiger partial charge in [0.15, 0.2) is 0 Å². The van der Waals surface area contributed by atoms with Crippen molar-refractivity contribution in [2.75, 3.05) is 0 Å². The van der Waals surface area contributed by atoms with Crippen molar-refractivity contribution in [3.05, 3.63) is 0 Å². The van der Waals surface area contributed by atoms with E-state index in [4.69, 9.17) is 11.5 Å². The first-order valence-corrected chi connectivity index (χ1v) is 4.30. The van der Waals surface area contributed by atoms with Crippen LogP contribution in [0.1, 0.15) is 40.5 Å². The van der Waals surface area contributed by atoms with Crippen LogP contribution in [0.3, 0.4) is 0 Å². The molecule has 0 aromatic carbocycles. The molecule has 3 nitrogen and oxygen atoms in total. The molecule has 1 unspecified atom stereocenters. The SMILES string of the molecule is CCC(C)(N)CC(C)(C)C(N)=O. The van der Waals surface area contributed by atoms with E-state index in [1.807, 2.05) is 27.7 Å². The molecule has 1 amide bonds. The zero-order valence-corrected chi connectivity index (χ0v) is 8.48. The summed E-state index contributed by atoms with van der Waals surface area (Å²) >= 11 is 0. The van der Waals surface area contributed by atoms with E-state index in [9.17, 15) is 4.79 Å². The number of rotatable bonds is 4. The van der Waals surface area contributed by atoms with E-state index in [0.29, 0.717) is 6.42 Å². The molecule has 12 heavy (non-hydrogen) atoms. The highest BCUT2D eigenvalue weighted by molar-refractivity contribution is 5.80. The van der Waals surface area contributed by atoms with Crippen LogP contribution in [0.15, 0.2) is 0 Å². The van der Waals surface area contributed by atoms with Gasteiger partial charge in [0.1, 0.15) is 0 Å². The molecular formula is C9H20N2O. The molecule has 4 N–H and O–H groups in total. The Kier molecular flexibility index (Phi) is 3.27. The normalized spacial score (nSPS) is 17.1. The summed E-state index contributed by atoms with van der Waals surface area (Å²) in [5.41, 5.74) is 10.4. The summed E-state index contributed by atoms with van der Waals surface area (Å²) in [7, 11) is 0. The van der Waals surface area contributed by atoms with Crippen molar-refractivity contribution in [2.45, 2.75) is 46.1 Å². The fourth-order valence-electron chi connectivity index (χ4n) is 1.22. The zero-order chi connectivity index (χ0) is 9.99. The summed E-state index contributed by atoms with van der Waals surface area (Å²) in [5, 5.41) is 0. The quantitative estimate of drug-likeness (QED) is 0.664. The fourth-order valence-corrected chi connectivity index (χ4v) is 1.22. The molecule has 0 saturated heterocycles. The fraction of sp³-hybridized carbons (Fsp3) is 0.889. The maximum atomic E-state index is 11.0. The third-order valence-electron chi connectivity index (χ3n) is 2.32. The van der Waals surface area contributed by atoms with E-state index in [1.165, 1.54) is 0 Å². The highest BCUT2D eigenvalue weighted by atomic mass is 16.1. The number of primary amides is 1. The summed E-state index contributed by atoms with van der Waals surface area (Å²) in [6, 6.07) is 0. The van der Waals surface area contributed by atoms with Gasteiger partial charge in [-0.05, 0) is 19.8 Å². The summed E-state index contributed by atoms with van der Waals surface area (Å²) in [4.78, 5) is 11.0. The molecule has 1 atom stereocenters. The van der Waals surface area contributed by atoms with Crippen LogP contribution in [-0.2, 0) is 4.79 Å². The summed E-state index contributed by atoms with van der Waals surface area (Å²) in [5.74, 6) is -0.285. The molecule has 0 saturated carbocycles. The van der Waals surface area contributed by atoms with Gasteiger partial charge in [0.25, 0.3) is 0 Å². The van der Waals surface area contributed by atoms with Crippen LogP contribution in [0, 0.1) is 5.41 Å². The molecule has 0 bridgehead atoms. The number of carbonyl (C=O) groups is 1. The van der Waals surface area contributed by atoms with Crippen LogP contribution in [0.25, 0.3) is 0 Å². The van der Waals surface area contributed by atoms with Crippen LogP contribution in [0.5, 0.6) is 0 Å². The number of carbonyl (C=O) groups excluding carboxylic acids is 1. The van der Waals surface area contributed by atoms with Gasteiger partial charge in [0.05, 0.1) is 0 Å². The Labute approximate surface area is 74.5 Å². The predicted molar refractivity (Wildman–Crippen MR) is 50.5 cm³/mol. The van der Waals surface area contributed by atoms with Gasteiger partial charge in [0.2, 0.25) is 5.91 Å². The van der Waals surface area contributed by atoms with Gasteiger partial charge in [-0.1, -0.05) is 20.8 Å². The maximum absolute atomic E-state index is 11.0. The van der Waals surface area contributed by atoms with Gasteiger partial charge in [-0.3, -0.25) is 4.79 Å². The van der Waals surface area contributed by atoms with Crippen LogP contribution in [-0.4, -0.2) is 11.4 Å². The number of amides is 1. The van der Waals surface area contributed by atoms with E-state index in [0.717, 1.165) is 6.42 Å². The third-order valence-corrected chi connectivity index (χ3v) is 2.32. The van der Waals surface area contributed by atoms with Crippen LogP contribution >= 0.6 is 0 Å². The van der Waals surface area contributed by atoms with Gasteiger partial charge in [0, 0.05) is 11.0 Å². The molecule has 0 aliphatic rings. The predicted octanol–water partition coefficient (Wildman–Crippen LogP) is 1.02. The minimum Gasteiger partial charge on any atom is -0.369 e. The summed E-state index contributed by atoms with van der Waals surface area (Å²) in [6.45, 7) is 7.61. The van der Waals surface area contributed by atoms with Gasteiger partial charge < -0.3 is 11.5 Å². The molecule has 0 aromatic heterocycles. The summed E-state index contributed by atoms with van der Waals surface area (Å²) in [6.07, 6.45) is 1.48. The molecule has 3 heteroatoms. The highest BCUT2D eigenvalue weighted by Crippen LogP contribution is 2.27. The molecular weight excluding hydrogens is 152 g/mol. The largest absolute Gasteiger partial charge is 0.369 e. The Bertz CT molecular complexity index is 173. The van der Waals surface area contributed by atoms with E-state index in [2.05, 4.69) is 0 Å². The van der Waals surface area contributed by atoms with Gasteiger partial charge in [-0.2, -0.15) is 0 Å². The lowest BCUT2D eigenvalue weighted by Gasteiger charge is -2.31. The van der Waals surface area contributed by atoms with Crippen molar-refractivity contribution in [3.8, 4) is 0 Å². The van der Waals surface area contributed by atoms with Crippen molar-refractivity contribution < 1.29 is 4.79 Å². The lowest BCUT2D eigenvalue weighted by atomic mass is 9.78. The lowest BCUT2D eigenvalue weighted by molar-refractivity contribution is -0.127. The molecule has 0 aliphatic heterocycles. The van der Waals surface area contributed by atoms with Gasteiger partial charge in [-0.15, -0.1) is 0 Å². The minimum absolute atomic E-state index is 0.285. The smallest absolute Gasteiger partial charge is 0.223 e. The second-order valence-corrected chi connectivity index (χ2v) is 4.43. The Balaban J connectivity index is 4.34. The monoisotopic (exact) mass is 172 g/mol. The van der Waals surface area contributed by atoms with Gasteiger partial charge in [-0.25, -0.2) is 0 Å². The minimum atomic E-state index is -0.500. The number of hydrogen-bond donors (Lipinski definition) is 2. The van der Waals surface area contributed by atoms with Crippen molar-refractivity contribution >= 4 is 5.91 Å². The van der Waals surface area contributed by atoms with Gasteiger partial charge >= 0.3 is 0 Å². The first-order chi connectivity index (χ1) is 5.21. The average Bonchev–Trinajstić information content (AvgIpc) is 1.85. The topological polar surface area (TPSA) is 69.1 Å². The van der Waals surface area contributed by atoms with E-state index < -0.39 is 5.41 Å². The highest BCUT2D eigenvalue weighted by Gasteiger charge is 2.32. The first-order valence-electron chi connectivity index (χ1n) is 4.30. The van der Waals surface area contributed by atoms with Crippen LogP contribution < -0.4 is 11.5 Å². The van der Waals surface area contributed by atoms with Crippen molar-refractivity contribution in [3.63, 3.8) is 0 Å². The second kappa shape index (κ2) is 3.44. The van der Waals surface area contributed by atoms with Crippen LogP contribution in [0.2, 0.25) is 0 Å². The Morgan fingerprint density at radius 3 is 2.00 bits per heavy atom. The van der Waals surface area contributed by atoms with E-state index in [-0.39, 0.29) is 11.4 Å². The molecule has 0 fully saturated rings. The average molecular weight is 172 g/mol. The Hall–Kier alpha value is -0.570. The Morgan fingerprint density at radius 2 is 1.75 bits per heavy atom. The van der Waals surface area contributed by atoms with Crippen molar-refractivity contribution in [2.24, 2.45) is 16.9 Å². The molecule has 0 rings (SSSR count). The Morgan fingerprint density at radius 1 is 1.33 bits per heavy atom. The second-order valence-electron chi connectivity index (χ2n) is 4.43. The van der Waals surface area contributed by atoms with Crippen LogP contribution in [0.4, 0.5) is 0 Å². The number of nitrogens with two attached hydrogens (primary N) is 2. The maximum Gasteiger partial charge on any atom is 0.223 e. The van der Waals surface area contributed by atoms with E-state index in [1.54, 1.807) is 0 Å². The lowest BCUT2D eigenvalue weighted by Crippen LogP contribution is -2.44. The summed E-state index contributed by atoms with van der Waals surface area (Å²) < 4.78 is 0. The molecule has 0 aliphatic carbocycles. The standard InChI is InChI=1S/C9H20N2O/c1-5-9(4,11)6-8(2,3)7(10)12/h5-6,11H2,1-4H3,(H2,10,12). The molecule has 72 valence electrons. The molecule has 0 radical (unpaired) electrons.